The molecule has 0 fully saturated rings. The van der Waals surface area contributed by atoms with E-state index in [0.29, 0.717) is 5.02 Å². The van der Waals surface area contributed by atoms with E-state index in [0.717, 1.165) is 21.7 Å². The average Bonchev–Trinajstić information content (AvgIpc) is 2.84. The molecule has 1 atom stereocenters. The first kappa shape index (κ1) is 21.2. The van der Waals surface area contributed by atoms with Crippen molar-refractivity contribution in [2.75, 3.05) is 0 Å². The summed E-state index contributed by atoms with van der Waals surface area (Å²) in [6.07, 6.45) is 0. The lowest BCUT2D eigenvalue weighted by atomic mass is 10.1. The summed E-state index contributed by atoms with van der Waals surface area (Å²) in [6, 6.07) is 35.9. The molecule has 0 amide bonds. The minimum Gasteiger partial charge on any atom is -0.296 e. The molecule has 0 saturated carbocycles. The molecule has 4 heteroatoms. The van der Waals surface area contributed by atoms with E-state index < -0.39 is 13.3 Å². The van der Waals surface area contributed by atoms with Gasteiger partial charge < -0.3 is 0 Å². The van der Waals surface area contributed by atoms with Crippen molar-refractivity contribution in [3.63, 3.8) is 0 Å². The van der Waals surface area contributed by atoms with E-state index in [-0.39, 0.29) is 0 Å². The molecule has 152 valence electrons. The van der Waals surface area contributed by atoms with Gasteiger partial charge in [-0.15, -0.1) is 0 Å². The van der Waals surface area contributed by atoms with Gasteiger partial charge in [0.15, 0.2) is 0 Å². The van der Waals surface area contributed by atoms with Gasteiger partial charge in [0.1, 0.15) is 6.04 Å². The summed E-state index contributed by atoms with van der Waals surface area (Å²) < 4.78 is 14.5. The van der Waals surface area contributed by atoms with Crippen LogP contribution >= 0.6 is 18.9 Å². The van der Waals surface area contributed by atoms with Gasteiger partial charge in [0, 0.05) is 21.2 Å². The van der Waals surface area contributed by atoms with Crippen molar-refractivity contribution in [1.82, 2.24) is 5.09 Å². The Labute approximate surface area is 188 Å². The SMILES string of the molecule is O=P(N[C@H](C#Cc1ccc(Cl)cc1)c1ccccc1)(c1ccccc1)c1ccccc1. The van der Waals surface area contributed by atoms with Crippen LogP contribution in [0.15, 0.2) is 115 Å². The Balaban J connectivity index is 1.79. The summed E-state index contributed by atoms with van der Waals surface area (Å²) in [6.45, 7) is 0. The number of hydrogen-bond acceptors (Lipinski definition) is 1. The fourth-order valence-corrected chi connectivity index (χ4v) is 5.76. The van der Waals surface area contributed by atoms with Gasteiger partial charge in [-0.25, -0.2) is 5.09 Å². The maximum atomic E-state index is 14.5. The quantitative estimate of drug-likeness (QED) is 0.306. The lowest BCUT2D eigenvalue weighted by Crippen LogP contribution is -2.30. The van der Waals surface area contributed by atoms with Crippen molar-refractivity contribution in [3.8, 4) is 11.8 Å². The zero-order valence-corrected chi connectivity index (χ0v) is 18.4. The summed E-state index contributed by atoms with van der Waals surface area (Å²) in [7, 11) is -3.15. The van der Waals surface area contributed by atoms with Crippen molar-refractivity contribution >= 4 is 29.5 Å². The van der Waals surface area contributed by atoms with Gasteiger partial charge in [-0.05, 0) is 54.1 Å². The Kier molecular flexibility index (Phi) is 6.70. The predicted molar refractivity (Wildman–Crippen MR) is 130 cm³/mol. The van der Waals surface area contributed by atoms with E-state index in [1.807, 2.05) is 115 Å². The first-order valence-electron chi connectivity index (χ1n) is 9.96. The van der Waals surface area contributed by atoms with Crippen LogP contribution in [0.2, 0.25) is 5.02 Å². The normalized spacial score (nSPS) is 11.9. The lowest BCUT2D eigenvalue weighted by Gasteiger charge is -2.24. The van der Waals surface area contributed by atoms with Crippen LogP contribution in [0.25, 0.3) is 0 Å². The monoisotopic (exact) mass is 441 g/mol. The number of hydrogen-bond donors (Lipinski definition) is 1. The van der Waals surface area contributed by atoms with Crippen LogP contribution in [0.3, 0.4) is 0 Å². The molecule has 0 radical (unpaired) electrons. The summed E-state index contributed by atoms with van der Waals surface area (Å²) >= 11 is 6.00. The molecule has 0 aromatic heterocycles. The molecule has 4 rings (SSSR count). The lowest BCUT2D eigenvalue weighted by molar-refractivity contribution is 0.574. The molecule has 0 spiro atoms. The highest BCUT2D eigenvalue weighted by atomic mass is 35.5. The third kappa shape index (κ3) is 5.16. The van der Waals surface area contributed by atoms with Crippen LogP contribution < -0.4 is 15.7 Å². The van der Waals surface area contributed by atoms with Crippen LogP contribution in [0, 0.1) is 11.8 Å². The van der Waals surface area contributed by atoms with E-state index in [1.54, 1.807) is 0 Å². The van der Waals surface area contributed by atoms with Crippen LogP contribution in [0.4, 0.5) is 0 Å². The van der Waals surface area contributed by atoms with Crippen LogP contribution in [0.5, 0.6) is 0 Å². The maximum absolute atomic E-state index is 14.5. The Morgan fingerprint density at radius 2 is 1.16 bits per heavy atom. The average molecular weight is 442 g/mol. The summed E-state index contributed by atoms with van der Waals surface area (Å²) in [5.41, 5.74) is 1.80. The number of benzene rings is 4. The molecule has 0 aliphatic rings. The summed E-state index contributed by atoms with van der Waals surface area (Å²) in [5, 5.41) is 5.58. The van der Waals surface area contributed by atoms with Crippen molar-refractivity contribution in [2.24, 2.45) is 0 Å². The van der Waals surface area contributed by atoms with Gasteiger partial charge in [0.25, 0.3) is 0 Å². The van der Waals surface area contributed by atoms with Crippen LogP contribution in [-0.2, 0) is 4.57 Å². The molecular formula is C27H21ClNOP. The molecule has 0 aliphatic carbocycles. The predicted octanol–water partition coefficient (Wildman–Crippen LogP) is 5.95. The largest absolute Gasteiger partial charge is 0.296 e. The second-order valence-electron chi connectivity index (χ2n) is 7.03. The smallest absolute Gasteiger partial charge is 0.205 e. The summed E-state index contributed by atoms with van der Waals surface area (Å²) in [4.78, 5) is 0. The molecule has 0 aliphatic heterocycles. The third-order valence-electron chi connectivity index (χ3n) is 4.89. The van der Waals surface area contributed by atoms with Crippen molar-refractivity contribution in [2.45, 2.75) is 6.04 Å². The fraction of sp³-hybridized carbons (Fsp3) is 0.0370. The second kappa shape index (κ2) is 9.82. The first-order valence-corrected chi connectivity index (χ1v) is 12.0. The number of rotatable bonds is 5. The molecule has 1 N–H and O–H groups in total. The van der Waals surface area contributed by atoms with Crippen LogP contribution in [0.1, 0.15) is 17.2 Å². The van der Waals surface area contributed by atoms with Gasteiger partial charge in [-0.1, -0.05) is 90.2 Å². The second-order valence-corrected chi connectivity index (χ2v) is 9.98. The van der Waals surface area contributed by atoms with Gasteiger partial charge in [0.05, 0.1) is 0 Å². The topological polar surface area (TPSA) is 29.1 Å². The number of nitrogens with one attached hydrogen (secondary N) is 1. The van der Waals surface area contributed by atoms with Gasteiger partial charge in [-0.2, -0.15) is 0 Å². The molecule has 31 heavy (non-hydrogen) atoms. The Morgan fingerprint density at radius 1 is 0.677 bits per heavy atom. The molecule has 2 nitrogen and oxygen atoms in total. The first-order chi connectivity index (χ1) is 15.1. The molecular weight excluding hydrogens is 421 g/mol. The molecule has 0 saturated heterocycles. The van der Waals surface area contributed by atoms with Crippen molar-refractivity contribution in [1.29, 1.82) is 0 Å². The minimum absolute atomic E-state index is 0.428. The number of halogens is 1. The molecule has 0 unspecified atom stereocenters. The Morgan fingerprint density at radius 3 is 1.68 bits per heavy atom. The Bertz CT molecular complexity index is 1190. The van der Waals surface area contributed by atoms with E-state index in [2.05, 4.69) is 16.9 Å². The zero-order chi connectivity index (χ0) is 21.5. The highest BCUT2D eigenvalue weighted by Gasteiger charge is 2.30. The fourth-order valence-electron chi connectivity index (χ4n) is 3.28. The van der Waals surface area contributed by atoms with Crippen molar-refractivity contribution < 1.29 is 4.57 Å². The van der Waals surface area contributed by atoms with Gasteiger partial charge in [-0.3, -0.25) is 4.57 Å². The highest BCUT2D eigenvalue weighted by Crippen LogP contribution is 2.41. The summed E-state index contributed by atoms with van der Waals surface area (Å²) in [5.74, 6) is 6.49. The molecule has 0 heterocycles. The van der Waals surface area contributed by atoms with Gasteiger partial charge >= 0.3 is 0 Å². The van der Waals surface area contributed by atoms with Crippen LogP contribution in [-0.4, -0.2) is 0 Å². The zero-order valence-electron chi connectivity index (χ0n) is 16.8. The van der Waals surface area contributed by atoms with Gasteiger partial charge in [0.2, 0.25) is 7.29 Å². The standard InChI is InChI=1S/C27H21ClNOP/c28-24-19-16-22(17-20-24)18-21-27(23-10-4-1-5-11-23)29-31(30,25-12-6-2-7-13-25)26-14-8-3-9-15-26/h1-17,19-20,27H,(H,29,30)/t27-/m1/s1. The maximum Gasteiger partial charge on any atom is 0.205 e. The van der Waals surface area contributed by atoms with E-state index >= 15 is 0 Å². The molecule has 4 aromatic rings. The van der Waals surface area contributed by atoms with E-state index in [1.165, 1.54) is 0 Å². The Hall–Kier alpha value is -3.08. The molecule has 4 aromatic carbocycles. The molecule has 0 bridgehead atoms. The van der Waals surface area contributed by atoms with Crippen molar-refractivity contribution in [3.05, 3.63) is 131 Å². The highest BCUT2D eigenvalue weighted by molar-refractivity contribution is 7.76. The third-order valence-corrected chi connectivity index (χ3v) is 7.81. The van der Waals surface area contributed by atoms with E-state index in [4.69, 9.17) is 11.6 Å². The minimum atomic E-state index is -3.15. The van der Waals surface area contributed by atoms with E-state index in [9.17, 15) is 4.57 Å².